The van der Waals surface area contributed by atoms with E-state index in [1.807, 2.05) is 43.3 Å². The zero-order chi connectivity index (χ0) is 12.5. The second-order valence-corrected chi connectivity index (χ2v) is 4.17. The molecule has 2 heterocycles. The van der Waals surface area contributed by atoms with Crippen molar-refractivity contribution in [1.29, 1.82) is 0 Å². The number of aromatic nitrogens is 3. The van der Waals surface area contributed by atoms with Crippen molar-refractivity contribution >= 4 is 5.65 Å². The van der Waals surface area contributed by atoms with E-state index in [-0.39, 0.29) is 5.56 Å². The Morgan fingerprint density at radius 1 is 1.22 bits per heavy atom. The van der Waals surface area contributed by atoms with Crippen molar-refractivity contribution in [2.45, 2.75) is 13.3 Å². The average molecular weight is 239 g/mol. The summed E-state index contributed by atoms with van der Waals surface area (Å²) in [6, 6.07) is 13.4. The van der Waals surface area contributed by atoms with Gasteiger partial charge in [0.25, 0.3) is 5.56 Å². The van der Waals surface area contributed by atoms with E-state index in [1.54, 1.807) is 6.07 Å². The predicted octanol–water partition coefficient (Wildman–Crippen LogP) is 2.25. The summed E-state index contributed by atoms with van der Waals surface area (Å²) < 4.78 is 1.47. The zero-order valence-electron chi connectivity index (χ0n) is 10.1. The van der Waals surface area contributed by atoms with E-state index in [4.69, 9.17) is 0 Å². The number of rotatable bonds is 2. The van der Waals surface area contributed by atoms with Crippen LogP contribution in [0.2, 0.25) is 0 Å². The Kier molecular flexibility index (Phi) is 2.48. The molecule has 1 aromatic carbocycles. The van der Waals surface area contributed by atoms with Crippen LogP contribution in [-0.2, 0) is 6.42 Å². The zero-order valence-corrected chi connectivity index (χ0v) is 10.1. The van der Waals surface area contributed by atoms with E-state index >= 15 is 0 Å². The Morgan fingerprint density at radius 2 is 2.00 bits per heavy atom. The van der Waals surface area contributed by atoms with Crippen molar-refractivity contribution in [3.63, 3.8) is 0 Å². The lowest BCUT2D eigenvalue weighted by molar-refractivity contribution is 0.879. The summed E-state index contributed by atoms with van der Waals surface area (Å²) in [5, 5.41) is 3.07. The number of hydrogen-bond donors (Lipinski definition) is 1. The lowest BCUT2D eigenvalue weighted by Gasteiger charge is -1.96. The lowest BCUT2D eigenvalue weighted by atomic mass is 10.2. The van der Waals surface area contributed by atoms with E-state index in [0.717, 1.165) is 23.4 Å². The normalized spacial score (nSPS) is 10.9. The van der Waals surface area contributed by atoms with Gasteiger partial charge in [0, 0.05) is 17.8 Å². The highest BCUT2D eigenvalue weighted by Crippen LogP contribution is 2.17. The number of aryl methyl sites for hydroxylation is 1. The Bertz CT molecular complexity index is 741. The van der Waals surface area contributed by atoms with Crippen LogP contribution in [0.15, 0.2) is 47.3 Å². The minimum Gasteiger partial charge on any atom is -0.289 e. The molecule has 0 spiro atoms. The van der Waals surface area contributed by atoms with E-state index in [0.29, 0.717) is 5.65 Å². The highest BCUT2D eigenvalue weighted by molar-refractivity contribution is 5.63. The third-order valence-corrected chi connectivity index (χ3v) is 2.95. The fraction of sp³-hybridized carbons (Fsp3) is 0.143. The maximum Gasteiger partial charge on any atom is 0.272 e. The number of hydrogen-bond acceptors (Lipinski definition) is 2. The van der Waals surface area contributed by atoms with E-state index in [9.17, 15) is 4.79 Å². The van der Waals surface area contributed by atoms with Gasteiger partial charge in [-0.1, -0.05) is 37.3 Å². The molecule has 0 aliphatic rings. The van der Waals surface area contributed by atoms with Gasteiger partial charge in [0.15, 0.2) is 5.65 Å². The fourth-order valence-electron chi connectivity index (χ4n) is 1.99. The first-order chi connectivity index (χ1) is 8.78. The molecule has 0 saturated carbocycles. The minimum absolute atomic E-state index is 0.0703. The van der Waals surface area contributed by atoms with Crippen LogP contribution in [0.4, 0.5) is 0 Å². The van der Waals surface area contributed by atoms with Crippen LogP contribution in [0.3, 0.4) is 0 Å². The van der Waals surface area contributed by atoms with Crippen molar-refractivity contribution < 1.29 is 0 Å². The standard InChI is InChI=1S/C14H13N3O/c1-2-11-8-14(18)17-13(15-11)9-12(16-17)10-6-4-3-5-7-10/h3-9,16H,2H2,1H3. The molecule has 0 amide bonds. The summed E-state index contributed by atoms with van der Waals surface area (Å²) in [4.78, 5) is 16.3. The summed E-state index contributed by atoms with van der Waals surface area (Å²) in [7, 11) is 0. The monoisotopic (exact) mass is 239 g/mol. The predicted molar refractivity (Wildman–Crippen MR) is 70.6 cm³/mol. The van der Waals surface area contributed by atoms with Gasteiger partial charge >= 0.3 is 0 Å². The van der Waals surface area contributed by atoms with Crippen LogP contribution >= 0.6 is 0 Å². The molecule has 0 aliphatic carbocycles. The number of benzene rings is 1. The van der Waals surface area contributed by atoms with Crippen molar-refractivity contribution in [3.05, 3.63) is 58.5 Å². The molecule has 4 heteroatoms. The first-order valence-electron chi connectivity index (χ1n) is 5.95. The minimum atomic E-state index is -0.0703. The first-order valence-corrected chi connectivity index (χ1v) is 5.95. The summed E-state index contributed by atoms with van der Waals surface area (Å²) in [5.41, 5.74) is 3.35. The molecule has 4 nitrogen and oxygen atoms in total. The van der Waals surface area contributed by atoms with Crippen LogP contribution in [0.25, 0.3) is 16.9 Å². The third-order valence-electron chi connectivity index (χ3n) is 2.95. The summed E-state index contributed by atoms with van der Waals surface area (Å²) in [6.45, 7) is 1.99. The van der Waals surface area contributed by atoms with Gasteiger partial charge in [-0.05, 0) is 12.0 Å². The number of H-pyrrole nitrogens is 1. The van der Waals surface area contributed by atoms with Gasteiger partial charge in [-0.3, -0.25) is 9.89 Å². The van der Waals surface area contributed by atoms with Gasteiger partial charge in [-0.25, -0.2) is 9.50 Å². The van der Waals surface area contributed by atoms with Crippen molar-refractivity contribution in [3.8, 4) is 11.3 Å². The number of nitrogens with zero attached hydrogens (tertiary/aromatic N) is 2. The Morgan fingerprint density at radius 3 is 2.72 bits per heavy atom. The van der Waals surface area contributed by atoms with Crippen LogP contribution in [-0.4, -0.2) is 14.6 Å². The molecular formula is C14H13N3O. The average Bonchev–Trinajstić information content (AvgIpc) is 2.84. The quantitative estimate of drug-likeness (QED) is 0.745. The fourth-order valence-corrected chi connectivity index (χ4v) is 1.99. The topological polar surface area (TPSA) is 50.2 Å². The van der Waals surface area contributed by atoms with Crippen LogP contribution in [0.5, 0.6) is 0 Å². The molecule has 1 N–H and O–H groups in total. The maximum atomic E-state index is 11.9. The molecule has 0 unspecified atom stereocenters. The number of nitrogens with one attached hydrogen (secondary N) is 1. The molecule has 0 bridgehead atoms. The molecule has 3 rings (SSSR count). The first kappa shape index (κ1) is 10.8. The second kappa shape index (κ2) is 4.14. The number of aromatic amines is 1. The third kappa shape index (κ3) is 1.72. The maximum absolute atomic E-state index is 11.9. The van der Waals surface area contributed by atoms with E-state index < -0.39 is 0 Å². The van der Waals surface area contributed by atoms with Gasteiger partial charge in [-0.2, -0.15) is 0 Å². The highest BCUT2D eigenvalue weighted by Gasteiger charge is 2.06. The number of fused-ring (bicyclic) bond motifs is 1. The molecule has 3 aromatic rings. The van der Waals surface area contributed by atoms with Gasteiger partial charge in [0.1, 0.15) is 0 Å². The van der Waals surface area contributed by atoms with E-state index in [2.05, 4.69) is 10.1 Å². The van der Waals surface area contributed by atoms with Gasteiger partial charge in [-0.15, -0.1) is 0 Å². The van der Waals surface area contributed by atoms with Crippen LogP contribution in [0.1, 0.15) is 12.6 Å². The second-order valence-electron chi connectivity index (χ2n) is 4.17. The lowest BCUT2D eigenvalue weighted by Crippen LogP contribution is -2.15. The molecule has 0 atom stereocenters. The van der Waals surface area contributed by atoms with Crippen LogP contribution in [0, 0.1) is 0 Å². The highest BCUT2D eigenvalue weighted by atomic mass is 16.1. The van der Waals surface area contributed by atoms with Gasteiger partial charge < -0.3 is 0 Å². The molecule has 90 valence electrons. The molecule has 0 aliphatic heterocycles. The van der Waals surface area contributed by atoms with Crippen molar-refractivity contribution in [2.75, 3.05) is 0 Å². The van der Waals surface area contributed by atoms with Crippen molar-refractivity contribution in [2.24, 2.45) is 0 Å². The Balaban J connectivity index is 2.23. The molecule has 0 saturated heterocycles. The molecule has 18 heavy (non-hydrogen) atoms. The van der Waals surface area contributed by atoms with Crippen LogP contribution < -0.4 is 5.56 Å². The van der Waals surface area contributed by atoms with Gasteiger partial charge in [0.05, 0.1) is 5.69 Å². The SMILES string of the molecule is CCc1cc(=O)n2[nH]c(-c3ccccc3)cc2n1. The molecule has 0 radical (unpaired) electrons. The molecule has 0 fully saturated rings. The Labute approximate surface area is 104 Å². The van der Waals surface area contributed by atoms with Gasteiger partial charge in [0.2, 0.25) is 0 Å². The summed E-state index contributed by atoms with van der Waals surface area (Å²) in [5.74, 6) is 0. The molecule has 2 aromatic heterocycles. The smallest absolute Gasteiger partial charge is 0.272 e. The van der Waals surface area contributed by atoms with Crippen molar-refractivity contribution in [1.82, 2.24) is 14.6 Å². The van der Waals surface area contributed by atoms with E-state index in [1.165, 1.54) is 4.52 Å². The largest absolute Gasteiger partial charge is 0.289 e. The summed E-state index contributed by atoms with van der Waals surface area (Å²) in [6.07, 6.45) is 0.761. The Hall–Kier alpha value is -2.36. The molecular weight excluding hydrogens is 226 g/mol. The summed E-state index contributed by atoms with van der Waals surface area (Å²) >= 11 is 0.